The number of carboxylic acid groups (broad SMARTS) is 2. The lowest BCUT2D eigenvalue weighted by atomic mass is 9.50. The molecule has 2 heterocycles. The number of carbonyl (C=O) groups excluding carboxylic acids is 3. The zero-order chi connectivity index (χ0) is 34.5. The second-order valence-corrected chi connectivity index (χ2v) is 12.4. The predicted molar refractivity (Wildman–Crippen MR) is 158 cm³/mol. The smallest absolute Gasteiger partial charge is 0.353 e. The van der Waals surface area contributed by atoms with Crippen molar-refractivity contribution >= 4 is 29.8 Å². The van der Waals surface area contributed by atoms with E-state index in [4.69, 9.17) is 24.1 Å². The molecule has 1 saturated heterocycles. The summed E-state index contributed by atoms with van der Waals surface area (Å²) in [6, 6.07) is 10.3. The number of aliphatic hydroxyl groups excluding tert-OH is 1. The van der Waals surface area contributed by atoms with Crippen LogP contribution in [0.4, 0.5) is 0 Å². The Hall–Kier alpha value is -4.99. The Morgan fingerprint density at radius 1 is 1.02 bits per heavy atom. The zero-order valence-electron chi connectivity index (χ0n) is 25.6. The number of piperidine rings is 1. The van der Waals surface area contributed by atoms with Gasteiger partial charge in [0.2, 0.25) is 12.2 Å². The summed E-state index contributed by atoms with van der Waals surface area (Å²) in [5.74, 6) is -7.13. The molecule has 0 unspecified atom stereocenters. The van der Waals surface area contributed by atoms with Crippen molar-refractivity contribution in [3.8, 4) is 11.5 Å². The summed E-state index contributed by atoms with van der Waals surface area (Å²) in [4.78, 5) is 63.5. The molecule has 15 heteroatoms. The Morgan fingerprint density at radius 3 is 2.44 bits per heavy atom. The molecule has 4 aliphatic rings. The minimum atomic E-state index is -2.09. The number of aliphatic carboxylic acids is 2. The molecule has 15 nitrogen and oxygen atoms in total. The van der Waals surface area contributed by atoms with E-state index >= 15 is 0 Å². The van der Waals surface area contributed by atoms with Crippen LogP contribution in [0.2, 0.25) is 0 Å². The molecule has 0 amide bonds. The zero-order valence-corrected chi connectivity index (χ0v) is 25.6. The van der Waals surface area contributed by atoms with Crippen LogP contribution in [0.5, 0.6) is 11.5 Å². The van der Waals surface area contributed by atoms with Gasteiger partial charge >= 0.3 is 29.8 Å². The Balaban J connectivity index is 1.18. The highest BCUT2D eigenvalue weighted by Gasteiger charge is 2.72. The average molecular weight is 668 g/mol. The molecule has 2 aromatic carbocycles. The van der Waals surface area contributed by atoms with E-state index in [1.54, 1.807) is 12.1 Å². The maximum Gasteiger partial charge on any atom is 0.353 e. The van der Waals surface area contributed by atoms with Gasteiger partial charge in [0, 0.05) is 23.6 Å². The van der Waals surface area contributed by atoms with E-state index in [2.05, 4.69) is 4.90 Å². The highest BCUT2D eigenvalue weighted by molar-refractivity contribution is 5.87. The van der Waals surface area contributed by atoms with Gasteiger partial charge in [-0.15, -0.1) is 0 Å². The van der Waals surface area contributed by atoms with E-state index < -0.39 is 78.1 Å². The molecule has 0 aromatic heterocycles. The van der Waals surface area contributed by atoms with Crippen LogP contribution in [0.25, 0.3) is 0 Å². The molecular weight excluding hydrogens is 634 g/mol. The van der Waals surface area contributed by atoms with Crippen molar-refractivity contribution < 1.29 is 68.5 Å². The number of ether oxygens (including phenoxy) is 4. The molecule has 0 saturated carbocycles. The molecule has 7 atom stereocenters. The first kappa shape index (κ1) is 32.9. The summed E-state index contributed by atoms with van der Waals surface area (Å²) < 4.78 is 21.8. The number of aliphatic hydroxyl groups is 2. The van der Waals surface area contributed by atoms with Gasteiger partial charge in [0.1, 0.15) is 5.76 Å². The van der Waals surface area contributed by atoms with Crippen LogP contribution in [0.1, 0.15) is 48.5 Å². The van der Waals surface area contributed by atoms with Gasteiger partial charge in [0.05, 0.1) is 23.9 Å². The number of likely N-dealkylation sites (N-methyl/N-ethyl adjacent to an activating group) is 1. The van der Waals surface area contributed by atoms with Gasteiger partial charge in [-0.3, -0.25) is 9.59 Å². The Bertz CT molecular complexity index is 1710. The van der Waals surface area contributed by atoms with Gasteiger partial charge < -0.3 is 49.4 Å². The van der Waals surface area contributed by atoms with E-state index in [1.165, 1.54) is 36.4 Å². The summed E-state index contributed by atoms with van der Waals surface area (Å²) in [7, 11) is 1.92. The van der Waals surface area contributed by atoms with Crippen LogP contribution in [0.3, 0.4) is 0 Å². The molecule has 6 rings (SSSR count). The third-order valence-electron chi connectivity index (χ3n) is 9.66. The first-order valence-electron chi connectivity index (χ1n) is 15.2. The molecule has 254 valence electrons. The van der Waals surface area contributed by atoms with Gasteiger partial charge in [-0.1, -0.05) is 36.4 Å². The third kappa shape index (κ3) is 5.33. The quantitative estimate of drug-likeness (QED) is 0.164. The summed E-state index contributed by atoms with van der Waals surface area (Å²) in [6.45, 7) is 0.589. The van der Waals surface area contributed by atoms with Crippen molar-refractivity contribution in [2.24, 2.45) is 0 Å². The van der Waals surface area contributed by atoms with E-state index in [1.807, 2.05) is 7.05 Å². The minimum Gasteiger partial charge on any atom is -0.504 e. The van der Waals surface area contributed by atoms with Crippen LogP contribution in [0.15, 0.2) is 54.3 Å². The van der Waals surface area contributed by atoms with Crippen molar-refractivity contribution in [2.75, 3.05) is 13.6 Å². The molecule has 0 radical (unpaired) electrons. The highest BCUT2D eigenvalue weighted by Crippen LogP contribution is 2.65. The van der Waals surface area contributed by atoms with Crippen molar-refractivity contribution in [3.05, 3.63) is 71.0 Å². The van der Waals surface area contributed by atoms with Gasteiger partial charge in [-0.2, -0.15) is 0 Å². The molecule has 2 bridgehead atoms. The minimum absolute atomic E-state index is 0.00673. The van der Waals surface area contributed by atoms with Gasteiger partial charge in [0.25, 0.3) is 0 Å². The van der Waals surface area contributed by atoms with E-state index in [0.29, 0.717) is 24.9 Å². The Labute approximate surface area is 272 Å². The number of phenols is 1. The van der Waals surface area contributed by atoms with Crippen molar-refractivity contribution in [3.63, 3.8) is 0 Å². The first-order valence-corrected chi connectivity index (χ1v) is 15.2. The fourth-order valence-corrected chi connectivity index (χ4v) is 7.46. The number of aromatic hydroxyl groups is 1. The van der Waals surface area contributed by atoms with Crippen LogP contribution < -0.4 is 4.74 Å². The number of carbonyl (C=O) groups is 5. The maximum atomic E-state index is 13.1. The van der Waals surface area contributed by atoms with Crippen LogP contribution in [0, 0.1) is 0 Å². The maximum absolute atomic E-state index is 13.1. The second-order valence-electron chi connectivity index (χ2n) is 12.4. The molecular formula is C33H33NO14. The number of nitrogens with zero attached hydrogens (tertiary/aromatic N) is 1. The first-order chi connectivity index (χ1) is 22.8. The molecule has 2 aromatic rings. The Morgan fingerprint density at radius 2 is 1.75 bits per heavy atom. The van der Waals surface area contributed by atoms with Crippen molar-refractivity contribution in [1.82, 2.24) is 4.90 Å². The summed E-state index contributed by atoms with van der Waals surface area (Å²) in [5, 5.41) is 51.8. The highest BCUT2D eigenvalue weighted by atomic mass is 16.6. The normalized spacial score (nSPS) is 26.9. The summed E-state index contributed by atoms with van der Waals surface area (Å²) in [6.07, 6.45) is -6.57. The second kappa shape index (κ2) is 12.2. The molecule has 1 spiro atoms. The standard InChI is InChI=1S/C33H33NO14/c1-34-12-11-32-25-17-7-8-18(35)27(25)48-28(32)20(9-10-33(32,44)22(34)13-17)45-30(42)19(36)14-24(39)47-26(16-5-3-2-4-6-16)31(43)46-21(29(40)41)15-23(37)38/h2-9,19,21-22,26,28,35-36,44H,10-15H2,1H3,(H,37,38)(H,40,41)/t19-,21-,22-,26-,28-,32-,33+/m0/s1. The third-order valence-corrected chi connectivity index (χ3v) is 9.66. The van der Waals surface area contributed by atoms with Gasteiger partial charge in [-0.25, -0.2) is 14.4 Å². The molecule has 2 aliphatic carbocycles. The van der Waals surface area contributed by atoms with E-state index in [9.17, 15) is 44.4 Å². The number of benzene rings is 2. The van der Waals surface area contributed by atoms with Gasteiger partial charge in [-0.05, 0) is 44.1 Å². The number of rotatable bonds is 11. The lowest BCUT2D eigenvalue weighted by Crippen LogP contribution is -2.74. The van der Waals surface area contributed by atoms with E-state index in [-0.39, 0.29) is 35.3 Å². The van der Waals surface area contributed by atoms with Crippen LogP contribution in [-0.4, -0.2) is 104 Å². The largest absolute Gasteiger partial charge is 0.504 e. The molecule has 1 fully saturated rings. The topological polar surface area (TPSA) is 227 Å². The number of carboxylic acids is 2. The Kier molecular flexibility index (Phi) is 8.39. The van der Waals surface area contributed by atoms with Crippen molar-refractivity contribution in [1.29, 1.82) is 0 Å². The lowest BCUT2D eigenvalue weighted by Gasteiger charge is -2.61. The van der Waals surface area contributed by atoms with Crippen LogP contribution in [-0.2, 0) is 50.0 Å². The number of hydrogen-bond acceptors (Lipinski definition) is 13. The molecule has 2 aliphatic heterocycles. The lowest BCUT2D eigenvalue weighted by molar-refractivity contribution is -0.181. The monoisotopic (exact) mass is 667 g/mol. The fourth-order valence-electron chi connectivity index (χ4n) is 7.46. The fraction of sp³-hybridized carbons (Fsp3) is 0.424. The van der Waals surface area contributed by atoms with Crippen LogP contribution >= 0.6 is 0 Å². The average Bonchev–Trinajstić information content (AvgIpc) is 3.40. The number of phenolic OH excluding ortho intramolecular Hbond substituents is 1. The molecule has 48 heavy (non-hydrogen) atoms. The van der Waals surface area contributed by atoms with Crippen molar-refractivity contribution in [2.45, 2.75) is 73.6 Å². The number of esters is 3. The number of hydrogen-bond donors (Lipinski definition) is 5. The number of likely N-dealkylation sites (tertiary alicyclic amines) is 1. The SMILES string of the molecule is CN1CC[C@]23c4c5ccc(O)c4O[C@H]2C(OC(=O)[C@@H](O)CC(=O)O[C@H](C(=O)O[C@@H](CC(=O)O)C(=O)O)c2ccccc2)=CC[C@@]3(O)[C@@H]1C5. The summed E-state index contributed by atoms with van der Waals surface area (Å²) >= 11 is 0. The predicted octanol–water partition coefficient (Wildman–Crippen LogP) is 0.720. The van der Waals surface area contributed by atoms with Gasteiger partial charge in [0.15, 0.2) is 23.7 Å². The summed E-state index contributed by atoms with van der Waals surface area (Å²) in [5.41, 5.74) is -0.766. The van der Waals surface area contributed by atoms with E-state index in [0.717, 1.165) is 5.56 Å². The molecule has 5 N–H and O–H groups in total.